The molecule has 0 fully saturated rings. The average Bonchev–Trinajstić information content (AvgIpc) is 2.66. The fourth-order valence-electron chi connectivity index (χ4n) is 2.84. The molecule has 0 aromatic heterocycles. The molecule has 3 aromatic carbocycles. The van der Waals surface area contributed by atoms with E-state index in [0.717, 1.165) is 21.9 Å². The molecule has 0 heterocycles. The molecule has 0 spiro atoms. The third kappa shape index (κ3) is 3.30. The van der Waals surface area contributed by atoms with Gasteiger partial charge in [-0.1, -0.05) is 24.3 Å². The number of nitrogens with two attached hydrogens (primary N) is 2. The number of carbonyl (C=O) groups excluding carboxylic acids is 1. The van der Waals surface area contributed by atoms with Crippen LogP contribution in [0.15, 0.2) is 59.6 Å². The molecule has 6 nitrogen and oxygen atoms in total. The molecule has 26 heavy (non-hydrogen) atoms. The van der Waals surface area contributed by atoms with Gasteiger partial charge in [0.05, 0.1) is 14.2 Å². The molecule has 0 aliphatic heterocycles. The van der Waals surface area contributed by atoms with Crippen LogP contribution < -0.4 is 20.9 Å². The van der Waals surface area contributed by atoms with E-state index in [1.54, 1.807) is 26.4 Å². The molecule has 0 aliphatic carbocycles. The van der Waals surface area contributed by atoms with Gasteiger partial charge in [0, 0.05) is 17.2 Å². The second kappa shape index (κ2) is 7.14. The van der Waals surface area contributed by atoms with E-state index in [0.29, 0.717) is 17.1 Å². The highest BCUT2D eigenvalue weighted by atomic mass is 16.5. The van der Waals surface area contributed by atoms with Crippen LogP contribution in [0.4, 0.5) is 0 Å². The van der Waals surface area contributed by atoms with Crippen molar-refractivity contribution in [3.63, 3.8) is 0 Å². The summed E-state index contributed by atoms with van der Waals surface area (Å²) in [6.45, 7) is 0. The molecule has 132 valence electrons. The zero-order valence-corrected chi connectivity index (χ0v) is 14.5. The Morgan fingerprint density at radius 1 is 0.923 bits per heavy atom. The van der Waals surface area contributed by atoms with Crippen molar-refractivity contribution >= 4 is 22.6 Å². The number of carbonyl (C=O) groups is 1. The topological polar surface area (TPSA) is 99.9 Å². The van der Waals surface area contributed by atoms with Gasteiger partial charge >= 0.3 is 0 Å². The van der Waals surface area contributed by atoms with Crippen molar-refractivity contribution in [2.45, 2.75) is 0 Å². The Labute approximate surface area is 151 Å². The molecule has 0 aliphatic rings. The molecule has 0 saturated heterocycles. The largest absolute Gasteiger partial charge is 0.497 e. The van der Waals surface area contributed by atoms with Crippen LogP contribution >= 0.6 is 0 Å². The van der Waals surface area contributed by atoms with E-state index in [4.69, 9.17) is 20.9 Å². The molecule has 0 saturated carbocycles. The number of methoxy groups -OCH3 is 2. The number of ether oxygens (including phenoxy) is 2. The lowest BCUT2D eigenvalue weighted by molar-refractivity contribution is 0.100. The number of aliphatic imine (C=N–C) groups is 1. The Balaban J connectivity index is 2.21. The number of nitrogens with zero attached hydrogens (tertiary/aromatic N) is 1. The molecule has 0 bridgehead atoms. The van der Waals surface area contributed by atoms with Gasteiger partial charge in [-0.05, 0) is 40.6 Å². The molecule has 4 N–H and O–H groups in total. The fourth-order valence-corrected chi connectivity index (χ4v) is 2.84. The lowest BCUT2D eigenvalue weighted by atomic mass is 9.96. The van der Waals surface area contributed by atoms with Gasteiger partial charge in [0.25, 0.3) is 5.91 Å². The van der Waals surface area contributed by atoms with E-state index in [-0.39, 0.29) is 5.96 Å². The SMILES string of the molecule is COc1ccc(-c2cccc3ccc(C(=O)N=C(N)N)cc23)c(OC)c1. The van der Waals surface area contributed by atoms with Crippen molar-refractivity contribution in [3.05, 3.63) is 60.2 Å². The number of benzene rings is 3. The first kappa shape index (κ1) is 17.3. The first-order valence-electron chi connectivity index (χ1n) is 7.92. The Hall–Kier alpha value is -3.54. The molecule has 0 unspecified atom stereocenters. The second-order valence-corrected chi connectivity index (χ2v) is 5.65. The number of rotatable bonds is 4. The maximum Gasteiger partial charge on any atom is 0.280 e. The van der Waals surface area contributed by atoms with Crippen LogP contribution in [0.2, 0.25) is 0 Å². The maximum atomic E-state index is 12.2. The molecule has 0 atom stereocenters. The van der Waals surface area contributed by atoms with Crippen molar-refractivity contribution in [2.24, 2.45) is 16.5 Å². The lowest BCUT2D eigenvalue weighted by Crippen LogP contribution is -2.24. The number of guanidine groups is 1. The highest BCUT2D eigenvalue weighted by molar-refractivity contribution is 6.06. The highest BCUT2D eigenvalue weighted by Crippen LogP contribution is 2.37. The molecular weight excluding hydrogens is 330 g/mol. The first-order valence-corrected chi connectivity index (χ1v) is 7.92. The minimum absolute atomic E-state index is 0.264. The van der Waals surface area contributed by atoms with Crippen LogP contribution in [0.25, 0.3) is 21.9 Å². The van der Waals surface area contributed by atoms with Crippen LogP contribution in [0.5, 0.6) is 11.5 Å². The van der Waals surface area contributed by atoms with Gasteiger partial charge in [-0.2, -0.15) is 4.99 Å². The zero-order chi connectivity index (χ0) is 18.7. The third-order valence-electron chi connectivity index (χ3n) is 4.06. The smallest absolute Gasteiger partial charge is 0.280 e. The predicted octanol–water partition coefficient (Wildman–Crippen LogP) is 2.94. The number of hydrogen-bond acceptors (Lipinski definition) is 3. The molecule has 1 amide bonds. The minimum Gasteiger partial charge on any atom is -0.497 e. The molecule has 3 aromatic rings. The van der Waals surface area contributed by atoms with Gasteiger partial charge in [-0.15, -0.1) is 0 Å². The summed E-state index contributed by atoms with van der Waals surface area (Å²) < 4.78 is 10.8. The minimum atomic E-state index is -0.483. The van der Waals surface area contributed by atoms with E-state index in [9.17, 15) is 4.79 Å². The highest BCUT2D eigenvalue weighted by Gasteiger charge is 2.13. The average molecular weight is 349 g/mol. The predicted molar refractivity (Wildman–Crippen MR) is 103 cm³/mol. The van der Waals surface area contributed by atoms with Crippen LogP contribution in [0.1, 0.15) is 10.4 Å². The fraction of sp³-hybridized carbons (Fsp3) is 0.100. The summed E-state index contributed by atoms with van der Waals surface area (Å²) in [5.74, 6) is 0.635. The summed E-state index contributed by atoms with van der Waals surface area (Å²) in [5.41, 5.74) is 12.8. The van der Waals surface area contributed by atoms with Gasteiger partial charge in [0.2, 0.25) is 0 Å². The van der Waals surface area contributed by atoms with Crippen LogP contribution in [-0.4, -0.2) is 26.1 Å². The molecule has 0 radical (unpaired) electrons. The van der Waals surface area contributed by atoms with Crippen LogP contribution in [0, 0.1) is 0 Å². The van der Waals surface area contributed by atoms with Crippen molar-refractivity contribution in [1.82, 2.24) is 0 Å². The van der Waals surface area contributed by atoms with Gasteiger partial charge in [0.1, 0.15) is 11.5 Å². The number of fused-ring (bicyclic) bond motifs is 1. The van der Waals surface area contributed by atoms with E-state index >= 15 is 0 Å². The second-order valence-electron chi connectivity index (χ2n) is 5.65. The molecular formula is C20H19N3O3. The summed E-state index contributed by atoms with van der Waals surface area (Å²) in [4.78, 5) is 15.8. The first-order chi connectivity index (χ1) is 12.5. The quantitative estimate of drug-likeness (QED) is 0.557. The van der Waals surface area contributed by atoms with E-state index in [2.05, 4.69) is 4.99 Å². The summed E-state index contributed by atoms with van der Waals surface area (Å²) in [6, 6.07) is 16.9. The van der Waals surface area contributed by atoms with Gasteiger partial charge in [-0.3, -0.25) is 4.79 Å². The van der Waals surface area contributed by atoms with E-state index in [1.165, 1.54) is 0 Å². The van der Waals surface area contributed by atoms with Crippen molar-refractivity contribution in [2.75, 3.05) is 14.2 Å². The lowest BCUT2D eigenvalue weighted by Gasteiger charge is -2.13. The van der Waals surface area contributed by atoms with Gasteiger partial charge in [-0.25, -0.2) is 0 Å². The Morgan fingerprint density at radius 3 is 2.42 bits per heavy atom. The van der Waals surface area contributed by atoms with Crippen LogP contribution in [-0.2, 0) is 0 Å². The monoisotopic (exact) mass is 349 g/mol. The summed E-state index contributed by atoms with van der Waals surface area (Å²) in [7, 11) is 3.21. The summed E-state index contributed by atoms with van der Waals surface area (Å²) in [6.07, 6.45) is 0. The Kier molecular flexibility index (Phi) is 4.75. The Bertz CT molecular complexity index is 1010. The van der Waals surface area contributed by atoms with E-state index in [1.807, 2.05) is 42.5 Å². The third-order valence-corrected chi connectivity index (χ3v) is 4.06. The zero-order valence-electron chi connectivity index (χ0n) is 14.5. The molecule has 6 heteroatoms. The molecule has 3 rings (SSSR count). The van der Waals surface area contributed by atoms with Crippen molar-refractivity contribution < 1.29 is 14.3 Å². The van der Waals surface area contributed by atoms with Crippen molar-refractivity contribution in [1.29, 1.82) is 0 Å². The summed E-state index contributed by atoms with van der Waals surface area (Å²) >= 11 is 0. The van der Waals surface area contributed by atoms with Gasteiger partial charge in [0.15, 0.2) is 5.96 Å². The van der Waals surface area contributed by atoms with Crippen LogP contribution in [0.3, 0.4) is 0 Å². The van der Waals surface area contributed by atoms with E-state index < -0.39 is 5.91 Å². The normalized spacial score (nSPS) is 10.4. The summed E-state index contributed by atoms with van der Waals surface area (Å²) in [5, 5.41) is 1.88. The van der Waals surface area contributed by atoms with Crippen molar-refractivity contribution in [3.8, 4) is 22.6 Å². The van der Waals surface area contributed by atoms with Gasteiger partial charge < -0.3 is 20.9 Å². The maximum absolute atomic E-state index is 12.2. The number of amides is 1. The standard InChI is InChI=1S/C20H19N3O3/c1-25-14-8-9-16(18(11-14)26-2)15-5-3-4-12-6-7-13(10-17(12)15)19(24)23-20(21)22/h3-11H,1-2H3,(H4,21,22,23,24). The Morgan fingerprint density at radius 2 is 1.73 bits per heavy atom. The number of hydrogen-bond donors (Lipinski definition) is 2.